The number of hydrogen-bond donors (Lipinski definition) is 1. The van der Waals surface area contributed by atoms with Gasteiger partial charge in [0.2, 0.25) is 0 Å². The van der Waals surface area contributed by atoms with Crippen molar-refractivity contribution < 1.29 is 26.4 Å². The van der Waals surface area contributed by atoms with Crippen molar-refractivity contribution in [1.82, 2.24) is 5.32 Å². The van der Waals surface area contributed by atoms with Crippen LogP contribution in [0.4, 0.5) is 13.2 Å². The van der Waals surface area contributed by atoms with Crippen molar-refractivity contribution >= 4 is 25.6 Å². The second kappa shape index (κ2) is 5.15. The first-order valence-corrected chi connectivity index (χ1v) is 6.80. The number of rotatable bonds is 3. The van der Waals surface area contributed by atoms with Crippen molar-refractivity contribution in [2.24, 2.45) is 0 Å². The second-order valence-corrected chi connectivity index (χ2v) is 5.83. The molecule has 0 aliphatic rings. The maximum Gasteiger partial charge on any atom is 0.471 e. The Bertz CT molecular complexity index is 539. The number of carbonyl (C=O) groups is 1. The van der Waals surface area contributed by atoms with Crippen molar-refractivity contribution in [3.63, 3.8) is 0 Å². The topological polar surface area (TPSA) is 63.2 Å². The summed E-state index contributed by atoms with van der Waals surface area (Å²) >= 11 is 0. The molecule has 9 heteroatoms. The summed E-state index contributed by atoms with van der Waals surface area (Å²) < 4.78 is 57.4. The van der Waals surface area contributed by atoms with Crippen LogP contribution in [0.15, 0.2) is 29.2 Å². The van der Waals surface area contributed by atoms with Crippen LogP contribution in [0.2, 0.25) is 0 Å². The number of alkyl halides is 3. The van der Waals surface area contributed by atoms with Crippen LogP contribution in [0.1, 0.15) is 5.56 Å². The van der Waals surface area contributed by atoms with Gasteiger partial charge in [-0.2, -0.15) is 13.2 Å². The van der Waals surface area contributed by atoms with Crippen molar-refractivity contribution in [3.8, 4) is 0 Å². The summed E-state index contributed by atoms with van der Waals surface area (Å²) in [5.41, 5.74) is 0.316. The van der Waals surface area contributed by atoms with Crippen LogP contribution < -0.4 is 5.32 Å². The van der Waals surface area contributed by atoms with E-state index in [1.807, 2.05) is 0 Å². The van der Waals surface area contributed by atoms with E-state index in [0.29, 0.717) is 5.56 Å². The first-order valence-electron chi connectivity index (χ1n) is 4.49. The fourth-order valence-corrected chi connectivity index (χ4v) is 1.82. The molecule has 0 aliphatic carbocycles. The highest BCUT2D eigenvalue weighted by molar-refractivity contribution is 8.13. The van der Waals surface area contributed by atoms with Crippen LogP contribution in [0, 0.1) is 0 Å². The third kappa shape index (κ3) is 4.19. The Morgan fingerprint density at radius 2 is 1.72 bits per heavy atom. The van der Waals surface area contributed by atoms with E-state index in [9.17, 15) is 26.4 Å². The third-order valence-electron chi connectivity index (χ3n) is 1.92. The van der Waals surface area contributed by atoms with E-state index in [0.717, 1.165) is 12.1 Å². The third-order valence-corrected chi connectivity index (χ3v) is 3.29. The largest absolute Gasteiger partial charge is 0.471 e. The van der Waals surface area contributed by atoms with E-state index in [2.05, 4.69) is 0 Å². The van der Waals surface area contributed by atoms with Gasteiger partial charge < -0.3 is 5.32 Å². The van der Waals surface area contributed by atoms with Gasteiger partial charge >= 0.3 is 12.1 Å². The Labute approximate surface area is 105 Å². The highest BCUT2D eigenvalue weighted by Gasteiger charge is 2.38. The Morgan fingerprint density at radius 1 is 1.22 bits per heavy atom. The fraction of sp³-hybridized carbons (Fsp3) is 0.222. The highest BCUT2D eigenvalue weighted by atomic mass is 35.7. The lowest BCUT2D eigenvalue weighted by atomic mass is 10.2. The van der Waals surface area contributed by atoms with Gasteiger partial charge in [-0.05, 0) is 17.7 Å². The minimum Gasteiger partial charge on any atom is -0.344 e. The maximum absolute atomic E-state index is 11.9. The van der Waals surface area contributed by atoms with Crippen LogP contribution in [-0.4, -0.2) is 20.5 Å². The molecule has 0 fully saturated rings. The van der Waals surface area contributed by atoms with Crippen LogP contribution in [0.5, 0.6) is 0 Å². The molecular weight excluding hydrogens is 295 g/mol. The summed E-state index contributed by atoms with van der Waals surface area (Å²) in [5, 5.41) is 1.65. The Morgan fingerprint density at radius 3 is 2.11 bits per heavy atom. The molecule has 100 valence electrons. The fourth-order valence-electron chi connectivity index (χ4n) is 1.05. The molecule has 1 rings (SSSR count). The average Bonchev–Trinajstić information content (AvgIpc) is 2.24. The Balaban J connectivity index is 2.69. The maximum atomic E-state index is 11.9. The second-order valence-electron chi connectivity index (χ2n) is 3.26. The Hall–Kier alpha value is -1.28. The van der Waals surface area contributed by atoms with Gasteiger partial charge in [-0.15, -0.1) is 0 Å². The zero-order valence-electron chi connectivity index (χ0n) is 8.66. The van der Waals surface area contributed by atoms with Crippen molar-refractivity contribution in [1.29, 1.82) is 0 Å². The standard InChI is InChI=1S/C9H7ClF3NO3S/c10-18(16,17)7-3-1-6(2-4-7)5-14-8(15)9(11,12)13/h1-4H,5H2,(H,14,15). The van der Waals surface area contributed by atoms with Crippen LogP contribution in [0.3, 0.4) is 0 Å². The molecule has 0 aromatic heterocycles. The van der Waals surface area contributed by atoms with Gasteiger partial charge in [-0.1, -0.05) is 12.1 Å². The molecule has 1 aromatic carbocycles. The first kappa shape index (κ1) is 14.8. The Kier molecular flexibility index (Phi) is 4.23. The van der Waals surface area contributed by atoms with Crippen LogP contribution >= 0.6 is 10.7 Å². The number of hydrogen-bond acceptors (Lipinski definition) is 3. The van der Waals surface area contributed by atoms with E-state index in [-0.39, 0.29) is 11.4 Å². The van der Waals surface area contributed by atoms with Crippen LogP contribution in [0.25, 0.3) is 0 Å². The zero-order valence-corrected chi connectivity index (χ0v) is 10.2. The molecule has 0 heterocycles. The minimum absolute atomic E-state index is 0.171. The van der Waals surface area contributed by atoms with Gasteiger partial charge in [0.15, 0.2) is 0 Å². The molecule has 0 saturated heterocycles. The zero-order chi connectivity index (χ0) is 14.0. The van der Waals surface area contributed by atoms with Crippen molar-refractivity contribution in [2.75, 3.05) is 0 Å². The number of carbonyl (C=O) groups excluding carboxylic acids is 1. The summed E-state index contributed by atoms with van der Waals surface area (Å²) in [5.74, 6) is -2.06. The lowest BCUT2D eigenvalue weighted by molar-refractivity contribution is -0.173. The van der Waals surface area contributed by atoms with Gasteiger partial charge in [0.25, 0.3) is 9.05 Å². The normalized spacial score (nSPS) is 12.2. The molecule has 0 aliphatic heterocycles. The van der Waals surface area contributed by atoms with E-state index in [4.69, 9.17) is 10.7 Å². The SMILES string of the molecule is O=C(NCc1ccc(S(=O)(=O)Cl)cc1)C(F)(F)F. The van der Waals surface area contributed by atoms with Gasteiger partial charge in [-0.3, -0.25) is 4.79 Å². The van der Waals surface area contributed by atoms with E-state index in [1.165, 1.54) is 12.1 Å². The first-order chi connectivity index (χ1) is 8.10. The molecule has 1 amide bonds. The van der Waals surface area contributed by atoms with E-state index >= 15 is 0 Å². The molecule has 0 saturated carbocycles. The molecule has 0 bridgehead atoms. The number of benzene rings is 1. The average molecular weight is 302 g/mol. The van der Waals surface area contributed by atoms with Gasteiger partial charge in [-0.25, -0.2) is 8.42 Å². The molecule has 4 nitrogen and oxygen atoms in total. The molecule has 0 radical (unpaired) electrons. The quantitative estimate of drug-likeness (QED) is 0.866. The van der Waals surface area contributed by atoms with Crippen molar-refractivity contribution in [2.45, 2.75) is 17.6 Å². The van der Waals surface area contributed by atoms with Gasteiger partial charge in [0.05, 0.1) is 4.90 Å². The summed E-state index contributed by atoms with van der Waals surface area (Å²) in [4.78, 5) is 10.3. The summed E-state index contributed by atoms with van der Waals surface area (Å²) in [7, 11) is 1.18. The van der Waals surface area contributed by atoms with E-state index < -0.39 is 21.1 Å². The lowest BCUT2D eigenvalue weighted by Crippen LogP contribution is -2.36. The van der Waals surface area contributed by atoms with Crippen LogP contribution in [-0.2, 0) is 20.4 Å². The van der Waals surface area contributed by atoms with Crippen molar-refractivity contribution in [3.05, 3.63) is 29.8 Å². The van der Waals surface area contributed by atoms with E-state index in [1.54, 1.807) is 5.32 Å². The predicted molar refractivity (Wildman–Crippen MR) is 57.4 cm³/mol. The summed E-state index contributed by atoms with van der Waals surface area (Å²) in [6.45, 7) is -0.360. The summed E-state index contributed by atoms with van der Waals surface area (Å²) in [6, 6.07) is 4.78. The van der Waals surface area contributed by atoms with Gasteiger partial charge in [0.1, 0.15) is 0 Å². The molecular formula is C9H7ClF3NO3S. The molecule has 1 N–H and O–H groups in total. The number of halogens is 4. The van der Waals surface area contributed by atoms with Gasteiger partial charge in [0, 0.05) is 17.2 Å². The minimum atomic E-state index is -4.95. The molecule has 18 heavy (non-hydrogen) atoms. The number of nitrogens with one attached hydrogen (secondary N) is 1. The summed E-state index contributed by atoms with van der Waals surface area (Å²) in [6.07, 6.45) is -4.95. The molecule has 0 spiro atoms. The molecule has 0 atom stereocenters. The molecule has 0 unspecified atom stereocenters. The smallest absolute Gasteiger partial charge is 0.344 e. The number of amides is 1. The molecule has 1 aromatic rings. The lowest BCUT2D eigenvalue weighted by Gasteiger charge is -2.07. The monoisotopic (exact) mass is 301 g/mol. The highest BCUT2D eigenvalue weighted by Crippen LogP contribution is 2.16. The predicted octanol–water partition coefficient (Wildman–Crippen LogP) is 1.79.